The first kappa shape index (κ1) is 16.8. The largest absolute Gasteiger partial charge is 0.389 e. The number of unbranched alkanes of at least 4 members (excludes halogenated alkanes) is 2. The number of thiocarbonyl (C=S) groups is 1. The van der Waals surface area contributed by atoms with Crippen molar-refractivity contribution < 1.29 is 0 Å². The van der Waals surface area contributed by atoms with Gasteiger partial charge in [-0.25, -0.2) is 0 Å². The highest BCUT2D eigenvalue weighted by atomic mass is 32.1. The summed E-state index contributed by atoms with van der Waals surface area (Å²) in [6, 6.07) is 0. The van der Waals surface area contributed by atoms with E-state index in [2.05, 4.69) is 35.9 Å². The van der Waals surface area contributed by atoms with Crippen molar-refractivity contribution in [3.63, 3.8) is 0 Å². The number of hydrogen-bond acceptors (Lipinski definition) is 4. The van der Waals surface area contributed by atoms with Gasteiger partial charge in [0, 0.05) is 13.6 Å². The van der Waals surface area contributed by atoms with Crippen LogP contribution in [0.1, 0.15) is 56.9 Å². The highest BCUT2D eigenvalue weighted by molar-refractivity contribution is 7.80. The molecule has 0 radical (unpaired) electrons. The summed E-state index contributed by atoms with van der Waals surface area (Å²) < 4.78 is 0. The number of nitrogens with zero attached hydrogens (tertiary/aromatic N) is 3. The maximum Gasteiger partial charge on any atom is 0.161 e. The summed E-state index contributed by atoms with van der Waals surface area (Å²) in [7, 11) is 2.03. The average molecular weight is 294 g/mol. The molecule has 0 saturated carbocycles. The third kappa shape index (κ3) is 3.88. The Labute approximate surface area is 127 Å². The van der Waals surface area contributed by atoms with Crippen LogP contribution in [-0.2, 0) is 12.8 Å². The second kappa shape index (κ2) is 8.15. The van der Waals surface area contributed by atoms with Crippen LogP contribution in [0, 0.1) is 0 Å². The number of nitrogens with two attached hydrogens (primary N) is 1. The molecule has 0 amide bonds. The topological polar surface area (TPSA) is 55.0 Å². The van der Waals surface area contributed by atoms with E-state index in [-0.39, 0.29) is 0 Å². The van der Waals surface area contributed by atoms with Crippen LogP contribution in [0.4, 0.5) is 5.82 Å². The maximum atomic E-state index is 5.94. The lowest BCUT2D eigenvalue weighted by Gasteiger charge is -2.22. The Kier molecular flexibility index (Phi) is 6.85. The van der Waals surface area contributed by atoms with Gasteiger partial charge in [0.05, 0.1) is 11.3 Å². The molecule has 1 aromatic heterocycles. The minimum absolute atomic E-state index is 0.420. The summed E-state index contributed by atoms with van der Waals surface area (Å²) in [5, 5.41) is 8.72. The SMILES string of the molecule is CCCCCN(C)c1nnc(CC)c(CC)c1C(N)=S. The van der Waals surface area contributed by atoms with E-state index in [0.717, 1.165) is 48.4 Å². The second-order valence-corrected chi connectivity index (χ2v) is 5.46. The lowest BCUT2D eigenvalue weighted by atomic mass is 10.0. The Morgan fingerprint density at radius 2 is 1.85 bits per heavy atom. The van der Waals surface area contributed by atoms with Gasteiger partial charge < -0.3 is 10.6 Å². The predicted molar refractivity (Wildman–Crippen MR) is 89.5 cm³/mol. The van der Waals surface area contributed by atoms with E-state index >= 15 is 0 Å². The van der Waals surface area contributed by atoms with Crippen LogP contribution in [0.25, 0.3) is 0 Å². The molecular weight excluding hydrogens is 268 g/mol. The van der Waals surface area contributed by atoms with Crippen LogP contribution in [0.15, 0.2) is 0 Å². The number of anilines is 1. The van der Waals surface area contributed by atoms with Crippen LogP contribution in [0.2, 0.25) is 0 Å². The number of aromatic nitrogens is 2. The molecule has 0 bridgehead atoms. The van der Waals surface area contributed by atoms with Crippen molar-refractivity contribution in [2.75, 3.05) is 18.5 Å². The van der Waals surface area contributed by atoms with Gasteiger partial charge in [0.15, 0.2) is 5.82 Å². The minimum Gasteiger partial charge on any atom is -0.389 e. The smallest absolute Gasteiger partial charge is 0.161 e. The molecular formula is C15H26N4S. The first-order valence-corrected chi connectivity index (χ1v) is 7.86. The van der Waals surface area contributed by atoms with Crippen LogP contribution < -0.4 is 10.6 Å². The molecule has 0 spiro atoms. The third-order valence-electron chi connectivity index (χ3n) is 3.53. The second-order valence-electron chi connectivity index (χ2n) is 5.02. The zero-order valence-electron chi connectivity index (χ0n) is 13.1. The van der Waals surface area contributed by atoms with Crippen molar-refractivity contribution in [2.24, 2.45) is 5.73 Å². The lowest BCUT2D eigenvalue weighted by Crippen LogP contribution is -2.27. The number of hydrogen-bond donors (Lipinski definition) is 1. The van der Waals surface area contributed by atoms with Gasteiger partial charge in [0.25, 0.3) is 0 Å². The summed E-state index contributed by atoms with van der Waals surface area (Å²) in [6.45, 7) is 7.34. The molecule has 1 heterocycles. The molecule has 0 aliphatic heterocycles. The van der Waals surface area contributed by atoms with Gasteiger partial charge in [0.1, 0.15) is 4.99 Å². The predicted octanol–water partition coefficient (Wildman–Crippen LogP) is 2.86. The Hall–Kier alpha value is -1.23. The Morgan fingerprint density at radius 1 is 1.15 bits per heavy atom. The van der Waals surface area contributed by atoms with Crippen molar-refractivity contribution in [2.45, 2.75) is 52.9 Å². The van der Waals surface area contributed by atoms with Crippen LogP contribution in [-0.4, -0.2) is 28.8 Å². The summed E-state index contributed by atoms with van der Waals surface area (Å²) in [6.07, 6.45) is 5.29. The molecule has 2 N–H and O–H groups in total. The number of rotatable bonds is 8. The third-order valence-corrected chi connectivity index (χ3v) is 3.74. The van der Waals surface area contributed by atoms with E-state index in [4.69, 9.17) is 18.0 Å². The quantitative estimate of drug-likeness (QED) is 0.590. The summed E-state index contributed by atoms with van der Waals surface area (Å²) >= 11 is 5.25. The Balaban J connectivity index is 3.15. The van der Waals surface area contributed by atoms with Crippen LogP contribution in [0.3, 0.4) is 0 Å². The van der Waals surface area contributed by atoms with Gasteiger partial charge in [-0.1, -0.05) is 45.8 Å². The molecule has 5 heteroatoms. The molecule has 1 rings (SSSR count). The van der Waals surface area contributed by atoms with Gasteiger partial charge in [-0.3, -0.25) is 0 Å². The molecule has 0 aliphatic carbocycles. The van der Waals surface area contributed by atoms with E-state index in [9.17, 15) is 0 Å². The zero-order chi connectivity index (χ0) is 15.1. The Bertz CT molecular complexity index is 459. The monoisotopic (exact) mass is 294 g/mol. The summed E-state index contributed by atoms with van der Waals surface area (Å²) in [4.78, 5) is 2.54. The van der Waals surface area contributed by atoms with Crippen molar-refractivity contribution in [1.82, 2.24) is 10.2 Å². The first-order valence-electron chi connectivity index (χ1n) is 7.46. The van der Waals surface area contributed by atoms with Gasteiger partial charge in [-0.15, -0.1) is 5.10 Å². The van der Waals surface area contributed by atoms with E-state index < -0.39 is 0 Å². The molecule has 0 aliphatic rings. The molecule has 112 valence electrons. The van der Waals surface area contributed by atoms with Gasteiger partial charge in [-0.05, 0) is 24.8 Å². The zero-order valence-corrected chi connectivity index (χ0v) is 13.9. The number of aryl methyl sites for hydroxylation is 1. The fraction of sp³-hybridized carbons (Fsp3) is 0.667. The average Bonchev–Trinajstić information content (AvgIpc) is 2.45. The van der Waals surface area contributed by atoms with Gasteiger partial charge >= 0.3 is 0 Å². The molecule has 0 unspecified atom stereocenters. The van der Waals surface area contributed by atoms with E-state index in [1.165, 1.54) is 12.8 Å². The van der Waals surface area contributed by atoms with Crippen LogP contribution in [0.5, 0.6) is 0 Å². The molecule has 0 fully saturated rings. The minimum atomic E-state index is 0.420. The fourth-order valence-electron chi connectivity index (χ4n) is 2.39. The fourth-order valence-corrected chi connectivity index (χ4v) is 2.61. The molecule has 0 saturated heterocycles. The van der Waals surface area contributed by atoms with Crippen molar-refractivity contribution in [3.8, 4) is 0 Å². The maximum absolute atomic E-state index is 5.94. The van der Waals surface area contributed by atoms with Crippen molar-refractivity contribution in [1.29, 1.82) is 0 Å². The molecule has 1 aromatic rings. The molecule has 20 heavy (non-hydrogen) atoms. The van der Waals surface area contributed by atoms with E-state index in [0.29, 0.717) is 4.99 Å². The molecule has 4 nitrogen and oxygen atoms in total. The molecule has 0 aromatic carbocycles. The van der Waals surface area contributed by atoms with Crippen LogP contribution >= 0.6 is 12.2 Å². The van der Waals surface area contributed by atoms with Crippen molar-refractivity contribution in [3.05, 3.63) is 16.8 Å². The Morgan fingerprint density at radius 3 is 2.35 bits per heavy atom. The summed E-state index contributed by atoms with van der Waals surface area (Å²) in [5.41, 5.74) is 9.00. The van der Waals surface area contributed by atoms with E-state index in [1.54, 1.807) is 0 Å². The lowest BCUT2D eigenvalue weighted by molar-refractivity contribution is 0.695. The molecule has 0 atom stereocenters. The van der Waals surface area contributed by atoms with E-state index in [1.807, 2.05) is 7.05 Å². The highest BCUT2D eigenvalue weighted by Gasteiger charge is 2.19. The van der Waals surface area contributed by atoms with Gasteiger partial charge in [0.2, 0.25) is 0 Å². The van der Waals surface area contributed by atoms with Crippen molar-refractivity contribution >= 4 is 23.0 Å². The summed E-state index contributed by atoms with van der Waals surface area (Å²) in [5.74, 6) is 0.822. The normalized spacial score (nSPS) is 10.6. The highest BCUT2D eigenvalue weighted by Crippen LogP contribution is 2.23. The van der Waals surface area contributed by atoms with Gasteiger partial charge in [-0.2, -0.15) is 5.10 Å². The first-order chi connectivity index (χ1) is 9.56. The standard InChI is InChI=1S/C15H26N4S/c1-5-8-9-10-19(4)15-13(14(16)20)11(6-2)12(7-3)17-18-15/h5-10H2,1-4H3,(H2,16,20).